The third-order valence-corrected chi connectivity index (χ3v) is 2.38. The second-order valence-corrected chi connectivity index (χ2v) is 3.79. The van der Waals surface area contributed by atoms with Crippen molar-refractivity contribution in [3.05, 3.63) is 47.2 Å². The highest BCUT2D eigenvalue weighted by atomic mass is 16.4. The van der Waals surface area contributed by atoms with E-state index in [0.29, 0.717) is 22.8 Å². The van der Waals surface area contributed by atoms with Crippen LogP contribution in [0.2, 0.25) is 0 Å². The maximum absolute atomic E-state index is 11.9. The van der Waals surface area contributed by atoms with Gasteiger partial charge in [-0.2, -0.15) is 5.26 Å². The van der Waals surface area contributed by atoms with Gasteiger partial charge in [-0.1, -0.05) is 0 Å². The van der Waals surface area contributed by atoms with Crippen molar-refractivity contribution in [3.8, 4) is 6.07 Å². The Hall–Kier alpha value is -2.61. The number of nitriles is 1. The molecule has 0 aliphatic heterocycles. The highest BCUT2D eigenvalue weighted by Crippen LogP contribution is 2.14. The number of oxazole rings is 1. The predicted octanol–water partition coefficient (Wildman–Crippen LogP) is 2.42. The zero-order valence-corrected chi connectivity index (χ0v) is 10.0. The summed E-state index contributed by atoms with van der Waals surface area (Å²) in [6.45, 7) is 3.40. The number of hydrogen-bond acceptors (Lipinski definition) is 4. The summed E-state index contributed by atoms with van der Waals surface area (Å²) in [5.41, 5.74) is 1.70. The highest BCUT2D eigenvalue weighted by molar-refractivity contribution is 6.02. The fraction of sp³-hybridized carbons (Fsp3) is 0.154. The summed E-state index contributed by atoms with van der Waals surface area (Å²) in [7, 11) is 0. The lowest BCUT2D eigenvalue weighted by Crippen LogP contribution is -2.12. The number of nitrogens with one attached hydrogen (secondary N) is 1. The van der Waals surface area contributed by atoms with Crippen LogP contribution in [0.4, 0.5) is 5.69 Å². The fourth-order valence-electron chi connectivity index (χ4n) is 1.56. The lowest BCUT2D eigenvalue weighted by molar-refractivity contribution is 0.0994. The van der Waals surface area contributed by atoms with E-state index >= 15 is 0 Å². The molecule has 5 nitrogen and oxygen atoms in total. The number of rotatable bonds is 2. The van der Waals surface area contributed by atoms with Crippen LogP contribution in [0.25, 0.3) is 0 Å². The molecule has 90 valence electrons. The van der Waals surface area contributed by atoms with E-state index in [4.69, 9.17) is 9.68 Å². The average Bonchev–Trinajstić information content (AvgIpc) is 2.69. The zero-order chi connectivity index (χ0) is 13.1. The number of hydrogen-bond donors (Lipinski definition) is 1. The van der Waals surface area contributed by atoms with Crippen LogP contribution in [0, 0.1) is 25.2 Å². The molecule has 0 fully saturated rings. The van der Waals surface area contributed by atoms with Crippen LogP contribution < -0.4 is 5.32 Å². The quantitative estimate of drug-likeness (QED) is 0.875. The van der Waals surface area contributed by atoms with E-state index in [2.05, 4.69) is 10.3 Å². The Labute approximate surface area is 104 Å². The molecule has 0 spiro atoms. The summed E-state index contributed by atoms with van der Waals surface area (Å²) in [5, 5.41) is 11.3. The van der Waals surface area contributed by atoms with Gasteiger partial charge in [0.25, 0.3) is 5.91 Å². The molecule has 1 heterocycles. The molecule has 0 saturated carbocycles. The fourth-order valence-corrected chi connectivity index (χ4v) is 1.56. The van der Waals surface area contributed by atoms with Gasteiger partial charge in [-0.05, 0) is 31.2 Å². The van der Waals surface area contributed by atoms with Crippen LogP contribution in [0.3, 0.4) is 0 Å². The lowest BCUT2D eigenvalue weighted by atomic mass is 10.2. The van der Waals surface area contributed by atoms with E-state index in [1.54, 1.807) is 38.1 Å². The van der Waals surface area contributed by atoms with Gasteiger partial charge in [0, 0.05) is 12.6 Å². The smallest absolute Gasteiger partial charge is 0.293 e. The molecule has 2 rings (SSSR count). The van der Waals surface area contributed by atoms with Gasteiger partial charge in [-0.3, -0.25) is 4.79 Å². The van der Waals surface area contributed by atoms with E-state index in [0.717, 1.165) is 0 Å². The van der Waals surface area contributed by atoms with Crippen LogP contribution in [0.15, 0.2) is 28.7 Å². The van der Waals surface area contributed by atoms with Crippen LogP contribution in [0.5, 0.6) is 0 Å². The lowest BCUT2D eigenvalue weighted by Gasteiger charge is -2.02. The van der Waals surface area contributed by atoms with Gasteiger partial charge in [0.2, 0.25) is 5.76 Å². The number of carbonyl (C=O) groups excluding carboxylic acids is 1. The normalized spacial score (nSPS) is 9.83. The highest BCUT2D eigenvalue weighted by Gasteiger charge is 2.15. The van der Waals surface area contributed by atoms with Crippen molar-refractivity contribution in [2.24, 2.45) is 0 Å². The van der Waals surface area contributed by atoms with Crippen molar-refractivity contribution in [1.29, 1.82) is 5.26 Å². The van der Waals surface area contributed by atoms with E-state index in [-0.39, 0.29) is 11.7 Å². The van der Waals surface area contributed by atoms with Gasteiger partial charge in [0.15, 0.2) is 5.89 Å². The third-order valence-electron chi connectivity index (χ3n) is 2.38. The summed E-state index contributed by atoms with van der Waals surface area (Å²) in [4.78, 5) is 15.9. The summed E-state index contributed by atoms with van der Waals surface area (Å²) in [6, 6.07) is 8.60. The van der Waals surface area contributed by atoms with Gasteiger partial charge < -0.3 is 9.73 Å². The summed E-state index contributed by atoms with van der Waals surface area (Å²) in [5.74, 6) is 0.312. The van der Waals surface area contributed by atoms with Crippen LogP contribution >= 0.6 is 0 Å². The van der Waals surface area contributed by atoms with Crippen LogP contribution in [-0.4, -0.2) is 10.9 Å². The van der Waals surface area contributed by atoms with Crippen molar-refractivity contribution in [3.63, 3.8) is 0 Å². The number of nitrogens with zero attached hydrogens (tertiary/aromatic N) is 2. The summed E-state index contributed by atoms with van der Waals surface area (Å²) in [6.07, 6.45) is 0. The van der Waals surface area contributed by atoms with Crippen LogP contribution in [-0.2, 0) is 0 Å². The van der Waals surface area contributed by atoms with Gasteiger partial charge in [0.1, 0.15) is 0 Å². The Kier molecular flexibility index (Phi) is 3.11. The first kappa shape index (κ1) is 11.9. The SMILES string of the molecule is Cc1nc(C)c(C(=O)Nc2ccc(C#N)cc2)o1. The minimum absolute atomic E-state index is 0.205. The minimum atomic E-state index is -0.349. The monoisotopic (exact) mass is 241 g/mol. The van der Waals surface area contributed by atoms with Crippen molar-refractivity contribution in [1.82, 2.24) is 4.98 Å². The molecule has 0 aliphatic rings. The molecule has 2 aromatic rings. The number of anilines is 1. The molecule has 5 heteroatoms. The maximum atomic E-state index is 11.9. The second kappa shape index (κ2) is 4.72. The molecule has 0 atom stereocenters. The second-order valence-electron chi connectivity index (χ2n) is 3.79. The Morgan fingerprint density at radius 3 is 2.50 bits per heavy atom. The van der Waals surface area contributed by atoms with Crippen molar-refractivity contribution in [2.45, 2.75) is 13.8 Å². The Balaban J connectivity index is 2.16. The maximum Gasteiger partial charge on any atom is 0.293 e. The molecular formula is C13H11N3O2. The molecule has 0 bridgehead atoms. The van der Waals surface area contributed by atoms with Crippen LogP contribution in [0.1, 0.15) is 27.7 Å². The topological polar surface area (TPSA) is 78.9 Å². The molecule has 0 radical (unpaired) electrons. The minimum Gasteiger partial charge on any atom is -0.436 e. The summed E-state index contributed by atoms with van der Waals surface area (Å²) >= 11 is 0. The number of aromatic nitrogens is 1. The number of carbonyl (C=O) groups is 1. The molecule has 0 saturated heterocycles. The zero-order valence-electron chi connectivity index (χ0n) is 10.0. The van der Waals surface area contributed by atoms with E-state index < -0.39 is 0 Å². The Morgan fingerprint density at radius 2 is 2.00 bits per heavy atom. The first-order valence-corrected chi connectivity index (χ1v) is 5.35. The molecular weight excluding hydrogens is 230 g/mol. The van der Waals surface area contributed by atoms with E-state index in [9.17, 15) is 4.79 Å². The molecule has 0 aliphatic carbocycles. The van der Waals surface area contributed by atoms with Gasteiger partial charge >= 0.3 is 0 Å². The van der Waals surface area contributed by atoms with Gasteiger partial charge in [0.05, 0.1) is 17.3 Å². The van der Waals surface area contributed by atoms with Crippen molar-refractivity contribution in [2.75, 3.05) is 5.32 Å². The summed E-state index contributed by atoms with van der Waals surface area (Å²) < 4.78 is 5.22. The van der Waals surface area contributed by atoms with E-state index in [1.807, 2.05) is 6.07 Å². The average molecular weight is 241 g/mol. The molecule has 1 amide bonds. The third kappa shape index (κ3) is 2.38. The number of benzene rings is 1. The molecule has 1 aromatic heterocycles. The molecule has 1 N–H and O–H groups in total. The standard InChI is InChI=1S/C13H11N3O2/c1-8-12(18-9(2)15-8)13(17)16-11-5-3-10(7-14)4-6-11/h3-6H,1-2H3,(H,16,17). The van der Waals surface area contributed by atoms with Crippen molar-refractivity contribution < 1.29 is 9.21 Å². The van der Waals surface area contributed by atoms with E-state index in [1.165, 1.54) is 0 Å². The van der Waals surface area contributed by atoms with Gasteiger partial charge in [-0.25, -0.2) is 4.98 Å². The number of amides is 1. The largest absolute Gasteiger partial charge is 0.436 e. The van der Waals surface area contributed by atoms with Gasteiger partial charge in [-0.15, -0.1) is 0 Å². The first-order valence-electron chi connectivity index (χ1n) is 5.35. The first-order chi connectivity index (χ1) is 8.60. The van der Waals surface area contributed by atoms with Crippen molar-refractivity contribution >= 4 is 11.6 Å². The predicted molar refractivity (Wildman–Crippen MR) is 65.1 cm³/mol. The number of aryl methyl sites for hydroxylation is 2. The Morgan fingerprint density at radius 1 is 1.33 bits per heavy atom. The Bertz CT molecular complexity index is 621. The molecule has 1 aromatic carbocycles. The molecule has 0 unspecified atom stereocenters. The molecule has 18 heavy (non-hydrogen) atoms.